The largest absolute Gasteiger partial charge is 0.491 e. The number of likely N-dealkylation sites (N-methyl/N-ethyl adjacent to an activating group) is 1. The lowest BCUT2D eigenvalue weighted by atomic mass is 10.2. The van der Waals surface area contributed by atoms with E-state index in [1.807, 2.05) is 37.1 Å². The Bertz CT molecular complexity index is 342. The average Bonchev–Trinajstić information content (AvgIpc) is 2.41. The SMILES string of the molecule is C\C=C/C=C1/OCCC(=S)N(C)/C1=C\CC. The van der Waals surface area contributed by atoms with Crippen LogP contribution >= 0.6 is 12.2 Å². The maximum atomic E-state index is 5.72. The van der Waals surface area contributed by atoms with Gasteiger partial charge in [-0.3, -0.25) is 0 Å². The lowest BCUT2D eigenvalue weighted by Gasteiger charge is -2.20. The highest BCUT2D eigenvalue weighted by molar-refractivity contribution is 7.80. The molecule has 1 fully saturated rings. The minimum atomic E-state index is 0.660. The van der Waals surface area contributed by atoms with Gasteiger partial charge in [0.1, 0.15) is 5.76 Å². The molecule has 1 saturated heterocycles. The van der Waals surface area contributed by atoms with E-state index in [-0.39, 0.29) is 0 Å². The van der Waals surface area contributed by atoms with Crippen molar-refractivity contribution in [2.75, 3.05) is 13.7 Å². The predicted molar refractivity (Wildman–Crippen MR) is 72.2 cm³/mol. The Labute approximate surface area is 103 Å². The summed E-state index contributed by atoms with van der Waals surface area (Å²) in [5.74, 6) is 0.905. The van der Waals surface area contributed by atoms with Crippen molar-refractivity contribution in [2.45, 2.75) is 26.7 Å². The highest BCUT2D eigenvalue weighted by Gasteiger charge is 2.18. The molecule has 0 atom stereocenters. The first kappa shape index (κ1) is 13.0. The molecule has 1 aliphatic heterocycles. The van der Waals surface area contributed by atoms with Crippen LogP contribution in [0.5, 0.6) is 0 Å². The fourth-order valence-corrected chi connectivity index (χ4v) is 1.72. The fraction of sp³-hybridized carbons (Fsp3) is 0.462. The standard InChI is InChI=1S/C13H19NOS/c1-4-6-8-12-11(7-5-2)14(3)13(16)9-10-15-12/h4,6-8H,5,9-10H2,1-3H3/b6-4-,11-7-,12-8+. The molecule has 0 amide bonds. The minimum Gasteiger partial charge on any atom is -0.491 e. The van der Waals surface area contributed by atoms with Crippen LogP contribution in [0.2, 0.25) is 0 Å². The maximum absolute atomic E-state index is 5.72. The topological polar surface area (TPSA) is 12.5 Å². The van der Waals surface area contributed by atoms with Crippen molar-refractivity contribution in [3.8, 4) is 0 Å². The Morgan fingerprint density at radius 1 is 1.50 bits per heavy atom. The molecule has 16 heavy (non-hydrogen) atoms. The van der Waals surface area contributed by atoms with Crippen LogP contribution < -0.4 is 0 Å². The van der Waals surface area contributed by atoms with Gasteiger partial charge in [0.25, 0.3) is 0 Å². The van der Waals surface area contributed by atoms with Gasteiger partial charge in [0, 0.05) is 13.5 Å². The van der Waals surface area contributed by atoms with Crippen LogP contribution in [0.4, 0.5) is 0 Å². The van der Waals surface area contributed by atoms with Gasteiger partial charge in [-0.1, -0.05) is 37.4 Å². The first-order chi connectivity index (χ1) is 7.70. The van der Waals surface area contributed by atoms with E-state index in [1.54, 1.807) is 0 Å². The second-order valence-corrected chi connectivity index (χ2v) is 4.08. The molecule has 1 aliphatic rings. The Balaban J connectivity index is 3.05. The highest BCUT2D eigenvalue weighted by Crippen LogP contribution is 2.22. The third-order valence-electron chi connectivity index (χ3n) is 2.40. The van der Waals surface area contributed by atoms with E-state index >= 15 is 0 Å². The number of thiocarbonyl (C=S) groups is 1. The molecule has 0 unspecified atom stereocenters. The molecular weight excluding hydrogens is 218 g/mol. The maximum Gasteiger partial charge on any atom is 0.142 e. The molecule has 88 valence electrons. The van der Waals surface area contributed by atoms with Crippen molar-refractivity contribution in [3.05, 3.63) is 35.8 Å². The van der Waals surface area contributed by atoms with Gasteiger partial charge >= 0.3 is 0 Å². The molecule has 2 nitrogen and oxygen atoms in total. The molecule has 3 heteroatoms. The van der Waals surface area contributed by atoms with Gasteiger partial charge in [0.2, 0.25) is 0 Å². The van der Waals surface area contributed by atoms with Crippen molar-refractivity contribution >= 4 is 17.2 Å². The van der Waals surface area contributed by atoms with Gasteiger partial charge in [-0.05, 0) is 19.4 Å². The first-order valence-electron chi connectivity index (χ1n) is 5.63. The molecule has 0 aromatic carbocycles. The summed E-state index contributed by atoms with van der Waals surface area (Å²) < 4.78 is 5.72. The number of ether oxygens (including phenoxy) is 1. The Hall–Kier alpha value is -1.09. The number of allylic oxidation sites excluding steroid dienone is 4. The van der Waals surface area contributed by atoms with Crippen LogP contribution in [-0.4, -0.2) is 23.5 Å². The second kappa shape index (κ2) is 6.48. The molecule has 0 aliphatic carbocycles. The molecule has 0 saturated carbocycles. The van der Waals surface area contributed by atoms with Crippen molar-refractivity contribution in [1.82, 2.24) is 4.90 Å². The molecule has 0 spiro atoms. The van der Waals surface area contributed by atoms with E-state index in [4.69, 9.17) is 17.0 Å². The number of rotatable bonds is 2. The van der Waals surface area contributed by atoms with Gasteiger partial charge in [-0.2, -0.15) is 0 Å². The third-order valence-corrected chi connectivity index (χ3v) is 2.88. The molecule has 1 heterocycles. The van der Waals surface area contributed by atoms with Gasteiger partial charge in [-0.15, -0.1) is 0 Å². The summed E-state index contributed by atoms with van der Waals surface area (Å²) in [5, 5.41) is 0. The molecule has 0 radical (unpaired) electrons. The molecule has 0 N–H and O–H groups in total. The summed E-state index contributed by atoms with van der Waals surface area (Å²) in [4.78, 5) is 2.98. The van der Waals surface area contributed by atoms with E-state index < -0.39 is 0 Å². The number of hydrogen-bond acceptors (Lipinski definition) is 2. The fourth-order valence-electron chi connectivity index (χ4n) is 1.54. The zero-order valence-corrected chi connectivity index (χ0v) is 11.0. The monoisotopic (exact) mass is 237 g/mol. The van der Waals surface area contributed by atoms with Crippen molar-refractivity contribution in [3.63, 3.8) is 0 Å². The summed E-state index contributed by atoms with van der Waals surface area (Å²) in [5.41, 5.74) is 1.07. The van der Waals surface area contributed by atoms with Crippen molar-refractivity contribution in [1.29, 1.82) is 0 Å². The molecular formula is C13H19NOS. The summed E-state index contributed by atoms with van der Waals surface area (Å²) in [6, 6.07) is 0. The van der Waals surface area contributed by atoms with E-state index in [2.05, 4.69) is 13.0 Å². The van der Waals surface area contributed by atoms with Crippen molar-refractivity contribution in [2.24, 2.45) is 0 Å². The molecule has 1 rings (SSSR count). The summed E-state index contributed by atoms with van der Waals surface area (Å²) in [6.07, 6.45) is 9.89. The highest BCUT2D eigenvalue weighted by atomic mass is 32.1. The zero-order valence-electron chi connectivity index (χ0n) is 10.2. The van der Waals surface area contributed by atoms with Crippen LogP contribution in [0.3, 0.4) is 0 Å². The number of nitrogens with zero attached hydrogens (tertiary/aromatic N) is 1. The lowest BCUT2D eigenvalue weighted by molar-refractivity contribution is 0.230. The lowest BCUT2D eigenvalue weighted by Crippen LogP contribution is -2.23. The Morgan fingerprint density at radius 2 is 2.25 bits per heavy atom. The van der Waals surface area contributed by atoms with Gasteiger partial charge in [0.15, 0.2) is 0 Å². The Morgan fingerprint density at radius 3 is 2.88 bits per heavy atom. The van der Waals surface area contributed by atoms with Crippen molar-refractivity contribution < 1.29 is 4.74 Å². The summed E-state index contributed by atoms with van der Waals surface area (Å²) in [7, 11) is 2.00. The van der Waals surface area contributed by atoms with Crippen LogP contribution in [0, 0.1) is 0 Å². The van der Waals surface area contributed by atoms with Crippen LogP contribution in [0.25, 0.3) is 0 Å². The Kier molecular flexibility index (Phi) is 5.26. The molecule has 0 aromatic heterocycles. The second-order valence-electron chi connectivity index (χ2n) is 3.61. The van der Waals surface area contributed by atoms with E-state index in [1.165, 1.54) is 0 Å². The minimum absolute atomic E-state index is 0.660. The quantitative estimate of drug-likeness (QED) is 0.683. The first-order valence-corrected chi connectivity index (χ1v) is 6.04. The van der Waals surface area contributed by atoms with Gasteiger partial charge in [0.05, 0.1) is 17.3 Å². The van der Waals surface area contributed by atoms with Crippen LogP contribution in [-0.2, 0) is 4.74 Å². The zero-order chi connectivity index (χ0) is 12.0. The summed E-state index contributed by atoms with van der Waals surface area (Å²) >= 11 is 5.33. The smallest absolute Gasteiger partial charge is 0.142 e. The predicted octanol–water partition coefficient (Wildman–Crippen LogP) is 3.42. The third kappa shape index (κ3) is 3.20. The van der Waals surface area contributed by atoms with E-state index in [9.17, 15) is 0 Å². The van der Waals surface area contributed by atoms with E-state index in [0.717, 1.165) is 29.3 Å². The number of hydrogen-bond donors (Lipinski definition) is 0. The van der Waals surface area contributed by atoms with Crippen LogP contribution in [0.15, 0.2) is 35.8 Å². The van der Waals surface area contributed by atoms with Crippen LogP contribution in [0.1, 0.15) is 26.7 Å². The van der Waals surface area contributed by atoms with Gasteiger partial charge < -0.3 is 9.64 Å². The summed E-state index contributed by atoms with van der Waals surface area (Å²) in [6.45, 7) is 4.76. The van der Waals surface area contributed by atoms with Gasteiger partial charge in [-0.25, -0.2) is 0 Å². The normalized spacial score (nSPS) is 22.9. The van der Waals surface area contributed by atoms with E-state index in [0.29, 0.717) is 6.61 Å². The molecule has 0 aromatic rings. The molecule has 0 bridgehead atoms. The average molecular weight is 237 g/mol.